The van der Waals surface area contributed by atoms with Gasteiger partial charge in [-0.15, -0.1) is 0 Å². The molecule has 1 N–H and O–H groups in total. The average molecular weight is 518 g/mol. The molecule has 2 heterocycles. The van der Waals surface area contributed by atoms with Gasteiger partial charge in [0, 0.05) is 44.5 Å². The molecular formula is C27H33F2N3O5. The van der Waals surface area contributed by atoms with Crippen molar-refractivity contribution in [2.45, 2.75) is 32.0 Å². The van der Waals surface area contributed by atoms with Crippen LogP contribution in [0, 0.1) is 11.6 Å². The first kappa shape index (κ1) is 26.8. The highest BCUT2D eigenvalue weighted by atomic mass is 19.2. The second kappa shape index (κ2) is 12.4. The number of aliphatic hydroxyl groups is 1. The summed E-state index contributed by atoms with van der Waals surface area (Å²) in [6, 6.07) is 9.04. The van der Waals surface area contributed by atoms with Gasteiger partial charge in [0.15, 0.2) is 23.1 Å². The van der Waals surface area contributed by atoms with Crippen LogP contribution in [0.25, 0.3) is 0 Å². The number of benzene rings is 2. The van der Waals surface area contributed by atoms with Crippen LogP contribution in [-0.4, -0.2) is 71.8 Å². The Morgan fingerprint density at radius 1 is 1.11 bits per heavy atom. The van der Waals surface area contributed by atoms with Gasteiger partial charge in [-0.05, 0) is 29.8 Å². The average Bonchev–Trinajstić information content (AvgIpc) is 3.26. The number of hydrogen-bond donors (Lipinski definition) is 1. The second-order valence-corrected chi connectivity index (χ2v) is 9.08. The number of methoxy groups -OCH3 is 1. The summed E-state index contributed by atoms with van der Waals surface area (Å²) in [6.07, 6.45) is 4.58. The molecule has 1 aliphatic rings. The molecule has 1 saturated heterocycles. The molecule has 37 heavy (non-hydrogen) atoms. The molecule has 1 fully saturated rings. The number of aromatic nitrogens is 2. The van der Waals surface area contributed by atoms with Crippen LogP contribution >= 0.6 is 0 Å². The van der Waals surface area contributed by atoms with Gasteiger partial charge in [0.1, 0.15) is 30.4 Å². The Morgan fingerprint density at radius 3 is 2.76 bits per heavy atom. The molecule has 1 unspecified atom stereocenters. The fourth-order valence-electron chi connectivity index (χ4n) is 4.31. The third kappa shape index (κ3) is 7.18. The topological polar surface area (TPSA) is 78.2 Å². The molecule has 0 radical (unpaired) electrons. The van der Waals surface area contributed by atoms with E-state index in [1.54, 1.807) is 13.3 Å². The van der Waals surface area contributed by atoms with E-state index in [1.165, 1.54) is 6.07 Å². The van der Waals surface area contributed by atoms with E-state index in [0.717, 1.165) is 29.9 Å². The Kier molecular flexibility index (Phi) is 8.96. The molecule has 0 saturated carbocycles. The predicted octanol–water partition coefficient (Wildman–Crippen LogP) is 3.45. The normalized spacial score (nSPS) is 18.4. The summed E-state index contributed by atoms with van der Waals surface area (Å²) in [7, 11) is 1.60. The van der Waals surface area contributed by atoms with Crippen LogP contribution in [0.5, 0.6) is 17.2 Å². The fraction of sp³-hybridized carbons (Fsp3) is 0.444. The minimum absolute atomic E-state index is 0.0676. The summed E-state index contributed by atoms with van der Waals surface area (Å²) in [5, 5.41) is 11.2. The van der Waals surface area contributed by atoms with E-state index in [0.29, 0.717) is 44.3 Å². The minimum Gasteiger partial charge on any atom is -0.493 e. The smallest absolute Gasteiger partial charge is 0.162 e. The van der Waals surface area contributed by atoms with Crippen molar-refractivity contribution in [1.82, 2.24) is 14.5 Å². The molecule has 1 aliphatic heterocycles. The summed E-state index contributed by atoms with van der Waals surface area (Å²) >= 11 is 0. The molecule has 2 aromatic carbocycles. The van der Waals surface area contributed by atoms with Gasteiger partial charge in [-0.1, -0.05) is 13.0 Å². The van der Waals surface area contributed by atoms with E-state index in [1.807, 2.05) is 24.4 Å². The van der Waals surface area contributed by atoms with Crippen molar-refractivity contribution in [2.75, 3.05) is 46.6 Å². The number of halogens is 2. The monoisotopic (exact) mass is 517 g/mol. The minimum atomic E-state index is -1.32. The van der Waals surface area contributed by atoms with Gasteiger partial charge in [0.05, 0.1) is 26.9 Å². The quantitative estimate of drug-likeness (QED) is 0.418. The van der Waals surface area contributed by atoms with Crippen molar-refractivity contribution in [3.8, 4) is 17.2 Å². The Balaban J connectivity index is 1.38. The van der Waals surface area contributed by atoms with E-state index < -0.39 is 17.2 Å². The van der Waals surface area contributed by atoms with Crippen molar-refractivity contribution in [3.63, 3.8) is 0 Å². The summed E-state index contributed by atoms with van der Waals surface area (Å²) in [6.45, 7) is 5.01. The Bertz CT molecular complexity index is 1170. The second-order valence-electron chi connectivity index (χ2n) is 9.08. The van der Waals surface area contributed by atoms with E-state index >= 15 is 0 Å². The van der Waals surface area contributed by atoms with Gasteiger partial charge in [0.25, 0.3) is 0 Å². The maximum atomic E-state index is 13.5. The lowest BCUT2D eigenvalue weighted by atomic mass is 10.1. The summed E-state index contributed by atoms with van der Waals surface area (Å²) in [5.74, 6) is 0.472. The highest BCUT2D eigenvalue weighted by molar-refractivity contribution is 5.43. The van der Waals surface area contributed by atoms with Crippen LogP contribution in [0.3, 0.4) is 0 Å². The molecule has 0 amide bonds. The van der Waals surface area contributed by atoms with Crippen molar-refractivity contribution in [3.05, 3.63) is 71.8 Å². The van der Waals surface area contributed by atoms with E-state index in [2.05, 4.69) is 21.4 Å². The third-order valence-corrected chi connectivity index (χ3v) is 6.18. The largest absolute Gasteiger partial charge is 0.493 e. The summed E-state index contributed by atoms with van der Waals surface area (Å²) in [5.41, 5.74) is -0.340. The van der Waals surface area contributed by atoms with Crippen LogP contribution in [0.1, 0.15) is 18.3 Å². The predicted molar refractivity (Wildman–Crippen MR) is 133 cm³/mol. The van der Waals surface area contributed by atoms with E-state index in [9.17, 15) is 13.9 Å². The molecule has 0 spiro atoms. The van der Waals surface area contributed by atoms with Crippen LogP contribution in [0.4, 0.5) is 8.78 Å². The number of β-amino-alcohol motifs (C(OH)–C–C–N with tert-alkyl or cyclic N) is 1. The number of nitrogens with zero attached hydrogens (tertiary/aromatic N) is 3. The van der Waals surface area contributed by atoms with Crippen molar-refractivity contribution >= 4 is 0 Å². The fourth-order valence-corrected chi connectivity index (χ4v) is 4.31. The van der Waals surface area contributed by atoms with Gasteiger partial charge in [-0.3, -0.25) is 4.90 Å². The molecule has 3 aromatic rings. The van der Waals surface area contributed by atoms with Crippen molar-refractivity contribution in [2.24, 2.45) is 0 Å². The number of rotatable bonds is 11. The SMILES string of the molecule is CCc1nccn1CCOc1cc(CN2CCOCC(O)(COc3ccc(F)c(F)c3)C2)ccc1OC. The molecule has 1 aromatic heterocycles. The Labute approximate surface area is 215 Å². The van der Waals surface area contributed by atoms with Crippen molar-refractivity contribution < 1.29 is 32.8 Å². The molecule has 0 bridgehead atoms. The highest BCUT2D eigenvalue weighted by Crippen LogP contribution is 2.29. The maximum absolute atomic E-state index is 13.5. The van der Waals surface area contributed by atoms with E-state index in [4.69, 9.17) is 18.9 Å². The molecule has 10 heteroatoms. The maximum Gasteiger partial charge on any atom is 0.162 e. The molecular weight excluding hydrogens is 484 g/mol. The lowest BCUT2D eigenvalue weighted by molar-refractivity contribution is -0.0647. The Hall–Kier alpha value is -3.21. The standard InChI is InChI=1S/C27H33F2N3O5/c1-3-26-30-8-9-32(26)11-13-36-25-14-20(4-7-24(25)34-2)16-31-10-12-35-18-27(33,17-31)19-37-21-5-6-22(28)23(29)15-21/h4-9,14-15,33H,3,10-13,16-19H2,1-2H3. The molecule has 200 valence electrons. The lowest BCUT2D eigenvalue weighted by Gasteiger charge is -2.30. The zero-order chi connectivity index (χ0) is 26.3. The molecule has 0 aliphatic carbocycles. The molecule has 1 atom stereocenters. The van der Waals surface area contributed by atoms with Crippen LogP contribution < -0.4 is 14.2 Å². The summed E-state index contributed by atoms with van der Waals surface area (Å²) < 4.78 is 51.5. The third-order valence-electron chi connectivity index (χ3n) is 6.18. The number of ether oxygens (including phenoxy) is 4. The first-order valence-electron chi connectivity index (χ1n) is 12.3. The van der Waals surface area contributed by atoms with E-state index in [-0.39, 0.29) is 25.5 Å². The molecule has 8 nitrogen and oxygen atoms in total. The number of aryl methyl sites for hydroxylation is 1. The lowest BCUT2D eigenvalue weighted by Crippen LogP contribution is -2.48. The van der Waals surface area contributed by atoms with Gasteiger partial charge >= 0.3 is 0 Å². The zero-order valence-corrected chi connectivity index (χ0v) is 21.2. The first-order chi connectivity index (χ1) is 17.9. The zero-order valence-electron chi connectivity index (χ0n) is 21.2. The Morgan fingerprint density at radius 2 is 1.97 bits per heavy atom. The van der Waals surface area contributed by atoms with Crippen LogP contribution in [0.2, 0.25) is 0 Å². The summed E-state index contributed by atoms with van der Waals surface area (Å²) in [4.78, 5) is 6.40. The van der Waals surface area contributed by atoms with Gasteiger partial charge in [-0.25, -0.2) is 13.8 Å². The number of imidazole rings is 1. The highest BCUT2D eigenvalue weighted by Gasteiger charge is 2.33. The first-order valence-corrected chi connectivity index (χ1v) is 12.3. The van der Waals surface area contributed by atoms with Crippen LogP contribution in [-0.2, 0) is 24.2 Å². The van der Waals surface area contributed by atoms with Gasteiger partial charge in [0.2, 0.25) is 0 Å². The van der Waals surface area contributed by atoms with Gasteiger partial charge < -0.3 is 28.6 Å². The van der Waals surface area contributed by atoms with Gasteiger partial charge in [-0.2, -0.15) is 0 Å². The molecule has 4 rings (SSSR count). The van der Waals surface area contributed by atoms with Crippen LogP contribution in [0.15, 0.2) is 48.8 Å². The van der Waals surface area contributed by atoms with Crippen molar-refractivity contribution in [1.29, 1.82) is 0 Å². The number of hydrogen-bond acceptors (Lipinski definition) is 7.